The summed E-state index contributed by atoms with van der Waals surface area (Å²) in [6.07, 6.45) is 9.93. The summed E-state index contributed by atoms with van der Waals surface area (Å²) < 4.78 is 0. The first-order valence-corrected chi connectivity index (χ1v) is 7.07. The number of rotatable bonds is 9. The highest BCUT2D eigenvalue weighted by atomic mass is 16.3. The van der Waals surface area contributed by atoms with E-state index in [1.807, 2.05) is 6.08 Å². The number of allylic oxidation sites excluding steroid dienone is 5. The standard InChI is InChI=1S/C16H28N2O2/c1-13(2)6-4-7-14(3)8-5-9-16(20)18-12-15(17)10-11-19/h5-6,8-9,15,19H,4,7,10-12,17H2,1-3H3,(H,18,20)/b9-5+,14-8+/t15-/m0/s1. The lowest BCUT2D eigenvalue weighted by Gasteiger charge is -2.09. The second kappa shape index (κ2) is 11.4. The van der Waals surface area contributed by atoms with Gasteiger partial charge in [0.1, 0.15) is 0 Å². The van der Waals surface area contributed by atoms with Crippen molar-refractivity contribution in [2.24, 2.45) is 5.73 Å². The van der Waals surface area contributed by atoms with Crippen LogP contribution in [-0.2, 0) is 4.79 Å². The molecule has 0 aromatic rings. The topological polar surface area (TPSA) is 75.4 Å². The highest BCUT2D eigenvalue weighted by Crippen LogP contribution is 2.06. The van der Waals surface area contributed by atoms with E-state index in [0.29, 0.717) is 13.0 Å². The van der Waals surface area contributed by atoms with Gasteiger partial charge in [-0.25, -0.2) is 0 Å². The van der Waals surface area contributed by atoms with E-state index in [4.69, 9.17) is 10.8 Å². The number of aliphatic hydroxyl groups excluding tert-OH is 1. The van der Waals surface area contributed by atoms with Crippen molar-refractivity contribution in [2.45, 2.75) is 46.1 Å². The summed E-state index contributed by atoms with van der Waals surface area (Å²) in [4.78, 5) is 11.5. The molecule has 0 fully saturated rings. The lowest BCUT2D eigenvalue weighted by molar-refractivity contribution is -0.116. The van der Waals surface area contributed by atoms with Gasteiger partial charge in [-0.15, -0.1) is 0 Å². The molecule has 20 heavy (non-hydrogen) atoms. The lowest BCUT2D eigenvalue weighted by atomic mass is 10.1. The molecule has 4 N–H and O–H groups in total. The second-order valence-electron chi connectivity index (χ2n) is 5.21. The van der Waals surface area contributed by atoms with Crippen molar-refractivity contribution in [3.8, 4) is 0 Å². The fourth-order valence-corrected chi connectivity index (χ4v) is 1.53. The number of nitrogens with two attached hydrogens (primary N) is 1. The highest BCUT2D eigenvalue weighted by Gasteiger charge is 2.02. The van der Waals surface area contributed by atoms with Crippen molar-refractivity contribution in [3.63, 3.8) is 0 Å². The summed E-state index contributed by atoms with van der Waals surface area (Å²) in [6, 6.07) is -0.196. The zero-order valence-electron chi connectivity index (χ0n) is 12.9. The van der Waals surface area contributed by atoms with Crippen molar-refractivity contribution in [1.29, 1.82) is 0 Å². The molecule has 0 bridgehead atoms. The number of nitrogens with one attached hydrogen (secondary N) is 1. The maximum atomic E-state index is 11.5. The van der Waals surface area contributed by atoms with Gasteiger partial charge in [-0.05, 0) is 40.0 Å². The van der Waals surface area contributed by atoms with E-state index in [-0.39, 0.29) is 18.6 Å². The first kappa shape index (κ1) is 18.6. The molecule has 0 rings (SSSR count). The Morgan fingerprint density at radius 1 is 1.35 bits per heavy atom. The molecule has 0 heterocycles. The summed E-state index contributed by atoms with van der Waals surface area (Å²) in [6.45, 7) is 6.65. The fraction of sp³-hybridized carbons (Fsp3) is 0.562. The molecule has 0 aliphatic heterocycles. The molecule has 4 heteroatoms. The maximum Gasteiger partial charge on any atom is 0.244 e. The second-order valence-corrected chi connectivity index (χ2v) is 5.21. The summed E-state index contributed by atoms with van der Waals surface area (Å²) in [5.41, 5.74) is 8.24. The molecule has 114 valence electrons. The third-order valence-electron chi connectivity index (χ3n) is 2.76. The van der Waals surface area contributed by atoms with E-state index in [0.717, 1.165) is 12.8 Å². The molecule has 0 aromatic carbocycles. The number of amides is 1. The van der Waals surface area contributed by atoms with Crippen molar-refractivity contribution in [3.05, 3.63) is 35.5 Å². The van der Waals surface area contributed by atoms with Gasteiger partial charge < -0.3 is 16.2 Å². The van der Waals surface area contributed by atoms with E-state index in [1.54, 1.807) is 6.08 Å². The van der Waals surface area contributed by atoms with E-state index in [1.165, 1.54) is 17.2 Å². The van der Waals surface area contributed by atoms with Gasteiger partial charge in [0, 0.05) is 25.3 Å². The molecule has 1 atom stereocenters. The normalized spacial score (nSPS) is 13.3. The van der Waals surface area contributed by atoms with Crippen molar-refractivity contribution < 1.29 is 9.90 Å². The van der Waals surface area contributed by atoms with Gasteiger partial charge >= 0.3 is 0 Å². The van der Waals surface area contributed by atoms with E-state index in [9.17, 15) is 4.79 Å². The van der Waals surface area contributed by atoms with Crippen molar-refractivity contribution >= 4 is 5.91 Å². The van der Waals surface area contributed by atoms with Crippen LogP contribution in [0.5, 0.6) is 0 Å². The Kier molecular flexibility index (Phi) is 10.6. The van der Waals surface area contributed by atoms with Crippen LogP contribution in [0.15, 0.2) is 35.5 Å². The Morgan fingerprint density at radius 2 is 2.05 bits per heavy atom. The van der Waals surface area contributed by atoms with Crippen LogP contribution >= 0.6 is 0 Å². The summed E-state index contributed by atoms with van der Waals surface area (Å²) >= 11 is 0. The first-order chi connectivity index (χ1) is 9.45. The number of aliphatic hydroxyl groups is 1. The van der Waals surface area contributed by atoms with Crippen LogP contribution in [-0.4, -0.2) is 30.2 Å². The number of carbonyl (C=O) groups excluding carboxylic acids is 1. The minimum atomic E-state index is -0.196. The third-order valence-corrected chi connectivity index (χ3v) is 2.76. The van der Waals surface area contributed by atoms with Gasteiger partial charge in [-0.1, -0.05) is 29.4 Å². The Labute approximate surface area is 122 Å². The van der Waals surface area contributed by atoms with Gasteiger partial charge in [0.25, 0.3) is 0 Å². The molecule has 0 aliphatic rings. The Balaban J connectivity index is 3.97. The van der Waals surface area contributed by atoms with Crippen molar-refractivity contribution in [2.75, 3.05) is 13.2 Å². The van der Waals surface area contributed by atoms with Gasteiger partial charge in [0.2, 0.25) is 5.91 Å². The lowest BCUT2D eigenvalue weighted by Crippen LogP contribution is -2.37. The number of carbonyl (C=O) groups is 1. The van der Waals surface area contributed by atoms with Crippen LogP contribution in [0.4, 0.5) is 0 Å². The van der Waals surface area contributed by atoms with Crippen LogP contribution in [0, 0.1) is 0 Å². The molecule has 0 unspecified atom stereocenters. The van der Waals surface area contributed by atoms with Crippen molar-refractivity contribution in [1.82, 2.24) is 5.32 Å². The average molecular weight is 280 g/mol. The number of hydrogen-bond acceptors (Lipinski definition) is 3. The molecule has 1 amide bonds. The molecular formula is C16H28N2O2. The molecular weight excluding hydrogens is 252 g/mol. The molecule has 4 nitrogen and oxygen atoms in total. The smallest absolute Gasteiger partial charge is 0.244 e. The minimum absolute atomic E-state index is 0.0422. The summed E-state index contributed by atoms with van der Waals surface area (Å²) in [7, 11) is 0. The van der Waals surface area contributed by atoms with Gasteiger partial charge in [0.15, 0.2) is 0 Å². The third kappa shape index (κ3) is 11.7. The molecule has 0 saturated heterocycles. The van der Waals surface area contributed by atoms with Gasteiger partial charge in [-0.2, -0.15) is 0 Å². The summed E-state index contributed by atoms with van der Waals surface area (Å²) in [5.74, 6) is -0.160. The molecule has 0 radical (unpaired) electrons. The maximum absolute atomic E-state index is 11.5. The van der Waals surface area contributed by atoms with Crippen LogP contribution in [0.3, 0.4) is 0 Å². The summed E-state index contributed by atoms with van der Waals surface area (Å²) in [5, 5.41) is 11.4. The largest absolute Gasteiger partial charge is 0.396 e. The predicted molar refractivity (Wildman–Crippen MR) is 84.2 cm³/mol. The monoisotopic (exact) mass is 280 g/mol. The van der Waals surface area contributed by atoms with E-state index < -0.39 is 0 Å². The van der Waals surface area contributed by atoms with Crippen LogP contribution in [0.2, 0.25) is 0 Å². The van der Waals surface area contributed by atoms with Crippen LogP contribution < -0.4 is 11.1 Å². The highest BCUT2D eigenvalue weighted by molar-refractivity contribution is 5.87. The minimum Gasteiger partial charge on any atom is -0.396 e. The fourth-order valence-electron chi connectivity index (χ4n) is 1.53. The van der Waals surface area contributed by atoms with Gasteiger partial charge in [-0.3, -0.25) is 4.79 Å². The predicted octanol–water partition coefficient (Wildman–Crippen LogP) is 2.06. The zero-order chi connectivity index (χ0) is 15.4. The van der Waals surface area contributed by atoms with Gasteiger partial charge in [0.05, 0.1) is 0 Å². The molecule has 0 saturated carbocycles. The Hall–Kier alpha value is -1.39. The molecule has 0 aromatic heterocycles. The van der Waals surface area contributed by atoms with Crippen LogP contribution in [0.25, 0.3) is 0 Å². The average Bonchev–Trinajstić information content (AvgIpc) is 2.36. The quantitative estimate of drug-likeness (QED) is 0.344. The Morgan fingerprint density at radius 3 is 2.65 bits per heavy atom. The van der Waals surface area contributed by atoms with Crippen LogP contribution in [0.1, 0.15) is 40.0 Å². The first-order valence-electron chi connectivity index (χ1n) is 7.07. The SMILES string of the molecule is CC(C)=CCC/C(C)=C/C=C/C(=O)NC[C@@H](N)CCO. The zero-order valence-corrected chi connectivity index (χ0v) is 12.9. The Bertz CT molecular complexity index is 367. The number of hydrogen-bond donors (Lipinski definition) is 3. The molecule has 0 aliphatic carbocycles. The molecule has 0 spiro atoms. The van der Waals surface area contributed by atoms with E-state index in [2.05, 4.69) is 32.2 Å². The van der Waals surface area contributed by atoms with E-state index >= 15 is 0 Å².